The maximum Gasteiger partial charge on any atom is 0.262 e. The number of carbonyl (C=O) groups is 3. The van der Waals surface area contributed by atoms with E-state index in [1.54, 1.807) is 18.2 Å². The monoisotopic (exact) mass is 445 g/mol. The van der Waals surface area contributed by atoms with Gasteiger partial charge in [-0.05, 0) is 48.9 Å². The zero-order valence-corrected chi connectivity index (χ0v) is 18.4. The fraction of sp³-hybridized carbons (Fsp3) is 0.346. The highest BCUT2D eigenvalue weighted by atomic mass is 16.3. The van der Waals surface area contributed by atoms with Crippen LogP contribution in [0.1, 0.15) is 57.5 Å². The van der Waals surface area contributed by atoms with Crippen LogP contribution in [0.25, 0.3) is 0 Å². The van der Waals surface area contributed by atoms with Crippen LogP contribution in [0.15, 0.2) is 60.8 Å². The van der Waals surface area contributed by atoms with Crippen LogP contribution < -0.4 is 5.32 Å². The van der Waals surface area contributed by atoms with Crippen molar-refractivity contribution in [1.29, 1.82) is 0 Å². The van der Waals surface area contributed by atoms with Crippen LogP contribution in [0, 0.1) is 0 Å². The van der Waals surface area contributed by atoms with Crippen molar-refractivity contribution in [3.8, 4) is 0 Å². The van der Waals surface area contributed by atoms with Crippen LogP contribution in [-0.4, -0.2) is 51.8 Å². The lowest BCUT2D eigenvalue weighted by Crippen LogP contribution is -2.51. The van der Waals surface area contributed by atoms with Crippen LogP contribution >= 0.6 is 0 Å². The van der Waals surface area contributed by atoms with Gasteiger partial charge in [0.05, 0.1) is 16.7 Å². The Morgan fingerprint density at radius 3 is 2.39 bits per heavy atom. The molecule has 170 valence electrons. The predicted molar refractivity (Wildman–Crippen MR) is 122 cm³/mol. The summed E-state index contributed by atoms with van der Waals surface area (Å²) < 4.78 is 0. The first-order valence-corrected chi connectivity index (χ1v) is 11.4. The van der Waals surface area contributed by atoms with Crippen LogP contribution in [0.3, 0.4) is 0 Å². The number of imide groups is 1. The molecule has 3 aliphatic rings. The molecule has 3 amide bonds. The number of benzene rings is 2. The second kappa shape index (κ2) is 8.24. The summed E-state index contributed by atoms with van der Waals surface area (Å²) in [4.78, 5) is 41.9. The molecule has 2 saturated heterocycles. The molecule has 0 spiro atoms. The van der Waals surface area contributed by atoms with E-state index in [0.29, 0.717) is 36.9 Å². The van der Waals surface area contributed by atoms with E-state index in [1.165, 1.54) is 5.56 Å². The summed E-state index contributed by atoms with van der Waals surface area (Å²) in [6, 6.07) is 14.4. The molecule has 3 heterocycles. The SMILES string of the molecule is C=C1CCC(N2C(=O)c3ccc(C4(O)CCN(Cc5ccccc5)CC4)cc3C2=O)C(=O)N1. The van der Waals surface area contributed by atoms with E-state index in [1.807, 2.05) is 18.2 Å². The summed E-state index contributed by atoms with van der Waals surface area (Å²) in [5.41, 5.74) is 1.96. The molecule has 1 unspecified atom stereocenters. The Hall–Kier alpha value is -3.29. The quantitative estimate of drug-likeness (QED) is 0.706. The van der Waals surface area contributed by atoms with E-state index in [-0.39, 0.29) is 17.0 Å². The van der Waals surface area contributed by atoms with Crippen LogP contribution in [0.2, 0.25) is 0 Å². The first-order valence-electron chi connectivity index (χ1n) is 11.4. The molecule has 7 heteroatoms. The van der Waals surface area contributed by atoms with Gasteiger partial charge >= 0.3 is 0 Å². The molecular weight excluding hydrogens is 418 g/mol. The Kier molecular flexibility index (Phi) is 5.38. The Morgan fingerprint density at radius 2 is 1.70 bits per heavy atom. The molecule has 2 aromatic rings. The van der Waals surface area contributed by atoms with Crippen molar-refractivity contribution in [2.75, 3.05) is 13.1 Å². The number of piperidine rings is 2. The average molecular weight is 446 g/mol. The molecular formula is C26H27N3O4. The number of aliphatic hydroxyl groups is 1. The van der Waals surface area contributed by atoms with Gasteiger partial charge in [-0.25, -0.2) is 0 Å². The lowest BCUT2D eigenvalue weighted by molar-refractivity contribution is -0.125. The summed E-state index contributed by atoms with van der Waals surface area (Å²) in [5, 5.41) is 14.0. The summed E-state index contributed by atoms with van der Waals surface area (Å²) in [7, 11) is 0. The van der Waals surface area contributed by atoms with Gasteiger partial charge in [0, 0.05) is 25.3 Å². The first-order chi connectivity index (χ1) is 15.9. The third-order valence-electron chi connectivity index (χ3n) is 7.02. The number of nitrogens with one attached hydrogen (secondary N) is 1. The number of allylic oxidation sites excluding steroid dienone is 1. The molecule has 33 heavy (non-hydrogen) atoms. The number of carbonyl (C=O) groups excluding carboxylic acids is 3. The number of nitrogens with zero attached hydrogens (tertiary/aromatic N) is 2. The number of hydrogen-bond donors (Lipinski definition) is 2. The van der Waals surface area contributed by atoms with Gasteiger partial charge in [0.15, 0.2) is 0 Å². The van der Waals surface area contributed by atoms with Crippen molar-refractivity contribution >= 4 is 17.7 Å². The molecule has 5 rings (SSSR count). The molecule has 2 fully saturated rings. The molecule has 0 aliphatic carbocycles. The lowest BCUT2D eigenvalue weighted by atomic mass is 9.83. The Bertz CT molecular complexity index is 1140. The van der Waals surface area contributed by atoms with Gasteiger partial charge in [-0.15, -0.1) is 0 Å². The van der Waals surface area contributed by atoms with E-state index in [2.05, 4.69) is 28.9 Å². The first kappa shape index (κ1) is 21.6. The topological polar surface area (TPSA) is 90.0 Å². The van der Waals surface area contributed by atoms with Gasteiger partial charge in [0.1, 0.15) is 6.04 Å². The fourth-order valence-corrected chi connectivity index (χ4v) is 5.05. The maximum atomic E-state index is 13.1. The van der Waals surface area contributed by atoms with Gasteiger partial charge in [-0.2, -0.15) is 0 Å². The largest absolute Gasteiger partial charge is 0.385 e. The van der Waals surface area contributed by atoms with Crippen molar-refractivity contribution in [2.24, 2.45) is 0 Å². The number of fused-ring (bicyclic) bond motifs is 1. The van der Waals surface area contributed by atoms with Crippen LogP contribution in [-0.2, 0) is 16.9 Å². The minimum Gasteiger partial charge on any atom is -0.385 e. The number of likely N-dealkylation sites (tertiary alicyclic amines) is 1. The Labute approximate surface area is 192 Å². The zero-order valence-electron chi connectivity index (χ0n) is 18.4. The van der Waals surface area contributed by atoms with Crippen molar-refractivity contribution < 1.29 is 19.5 Å². The highest BCUT2D eigenvalue weighted by molar-refractivity contribution is 6.23. The zero-order chi connectivity index (χ0) is 23.2. The molecule has 3 aliphatic heterocycles. The van der Waals surface area contributed by atoms with E-state index in [9.17, 15) is 19.5 Å². The fourth-order valence-electron chi connectivity index (χ4n) is 5.05. The van der Waals surface area contributed by atoms with Gasteiger partial charge in [-0.1, -0.05) is 43.0 Å². The van der Waals surface area contributed by atoms with Crippen molar-refractivity contribution in [2.45, 2.75) is 43.9 Å². The standard InChI is InChI=1S/C26H27N3O4/c1-17-7-10-22(23(30)27-17)29-24(31)20-9-8-19(15-21(20)25(29)32)26(33)11-13-28(14-12-26)16-18-5-3-2-4-6-18/h2-6,8-9,15,22,33H,1,7,10-14,16H2,(H,27,30). The van der Waals surface area contributed by atoms with Crippen molar-refractivity contribution in [3.05, 3.63) is 83.1 Å². The summed E-state index contributed by atoms with van der Waals surface area (Å²) in [6.07, 6.45) is 1.97. The Balaban J connectivity index is 1.32. The van der Waals surface area contributed by atoms with E-state index < -0.39 is 23.5 Å². The van der Waals surface area contributed by atoms with E-state index in [0.717, 1.165) is 24.5 Å². The molecule has 7 nitrogen and oxygen atoms in total. The average Bonchev–Trinajstić information content (AvgIpc) is 3.06. The van der Waals surface area contributed by atoms with Gasteiger partial charge in [0.25, 0.3) is 11.8 Å². The van der Waals surface area contributed by atoms with Gasteiger partial charge in [-0.3, -0.25) is 24.2 Å². The minimum absolute atomic E-state index is 0.259. The van der Waals surface area contributed by atoms with Gasteiger partial charge < -0.3 is 10.4 Å². The molecule has 2 N–H and O–H groups in total. The van der Waals surface area contributed by atoms with Gasteiger partial charge in [0.2, 0.25) is 5.91 Å². The second-order valence-electron chi connectivity index (χ2n) is 9.18. The number of amides is 3. The maximum absolute atomic E-state index is 13.1. The highest BCUT2D eigenvalue weighted by Gasteiger charge is 2.45. The van der Waals surface area contributed by atoms with Crippen molar-refractivity contribution in [3.63, 3.8) is 0 Å². The van der Waals surface area contributed by atoms with E-state index in [4.69, 9.17) is 0 Å². The third-order valence-corrected chi connectivity index (χ3v) is 7.02. The molecule has 0 bridgehead atoms. The minimum atomic E-state index is -1.06. The molecule has 0 aromatic heterocycles. The smallest absolute Gasteiger partial charge is 0.262 e. The molecule has 1 atom stereocenters. The number of rotatable bonds is 4. The Morgan fingerprint density at radius 1 is 1.00 bits per heavy atom. The van der Waals surface area contributed by atoms with Crippen LogP contribution in [0.4, 0.5) is 0 Å². The summed E-state index contributed by atoms with van der Waals surface area (Å²) >= 11 is 0. The van der Waals surface area contributed by atoms with Crippen LogP contribution in [0.5, 0.6) is 0 Å². The number of hydrogen-bond acceptors (Lipinski definition) is 5. The second-order valence-corrected chi connectivity index (χ2v) is 9.18. The summed E-state index contributed by atoms with van der Waals surface area (Å²) in [6.45, 7) is 6.04. The third kappa shape index (κ3) is 3.87. The molecule has 2 aromatic carbocycles. The normalized spacial score (nSPS) is 22.9. The molecule has 0 saturated carbocycles. The van der Waals surface area contributed by atoms with Crippen molar-refractivity contribution in [1.82, 2.24) is 15.1 Å². The van der Waals surface area contributed by atoms with E-state index >= 15 is 0 Å². The summed E-state index contributed by atoms with van der Waals surface area (Å²) in [5.74, 6) is -1.32. The highest BCUT2D eigenvalue weighted by Crippen LogP contribution is 2.37. The lowest BCUT2D eigenvalue weighted by Gasteiger charge is -2.38. The predicted octanol–water partition coefficient (Wildman–Crippen LogP) is 2.56. The molecule has 0 radical (unpaired) electrons.